The maximum absolute atomic E-state index is 11.9. The fourth-order valence-electron chi connectivity index (χ4n) is 3.90. The summed E-state index contributed by atoms with van der Waals surface area (Å²) < 4.78 is 28.8. The second kappa shape index (κ2) is 32.3. The molecule has 0 aliphatic rings. The maximum atomic E-state index is 11.9. The molecule has 0 N–H and O–H groups in total. The molecule has 0 unspecified atom stereocenters. The number of hydrogen-bond acceptors (Lipinski definition) is 3. The van der Waals surface area contributed by atoms with Crippen molar-refractivity contribution in [3.8, 4) is 0 Å². The second-order valence-corrected chi connectivity index (χ2v) is 11.1. The van der Waals surface area contributed by atoms with Crippen molar-refractivity contribution in [1.82, 2.24) is 0 Å². The summed E-state index contributed by atoms with van der Waals surface area (Å²) in [5.41, 5.74) is 0. The smallest absolute Gasteiger partial charge is 0.343 e. The van der Waals surface area contributed by atoms with Gasteiger partial charge in [-0.2, -0.15) is 14.8 Å². The van der Waals surface area contributed by atoms with Crippen LogP contribution in [0.2, 0.25) is 0 Å². The van der Waals surface area contributed by atoms with Crippen LogP contribution in [-0.4, -0.2) is 44.6 Å². The molecule has 0 aliphatic carbocycles. The first-order valence-electron chi connectivity index (χ1n) is 14.3. The number of hydrogen-bond donors (Lipinski definition) is 0. The van der Waals surface area contributed by atoms with Gasteiger partial charge in [-0.15, -0.1) is 0 Å². The van der Waals surface area contributed by atoms with Crippen LogP contribution in [0.25, 0.3) is 0 Å². The van der Waals surface area contributed by atoms with Crippen LogP contribution in [0.15, 0.2) is 35.2 Å². The molecule has 0 amide bonds. The molecule has 6 heteroatoms. The standard InChI is InChI=1S/C18H30O3S.C12H25.2Na/c1-2-3-4-5-6-7-8-9-10-14-17-21-22(19,20)18-15-12-11-13-16-18;1-3-5-7-9-11-12-10-8-6-4-2;;/h11-13,15-16H,2-10,14,17H2,1H3;1,3-12H2,2H3;;/q;-1;;+1. The van der Waals surface area contributed by atoms with Crippen molar-refractivity contribution >= 4 is 39.7 Å². The van der Waals surface area contributed by atoms with E-state index in [-0.39, 0.29) is 70.6 Å². The van der Waals surface area contributed by atoms with Gasteiger partial charge in [0.1, 0.15) is 0 Å². The summed E-state index contributed by atoms with van der Waals surface area (Å²) >= 11 is 0. The zero-order valence-corrected chi connectivity index (χ0v) is 29.4. The van der Waals surface area contributed by atoms with Crippen molar-refractivity contribution in [1.29, 1.82) is 0 Å². The molecule has 1 aromatic rings. The van der Waals surface area contributed by atoms with E-state index in [1.165, 1.54) is 109 Å². The molecule has 201 valence electrons. The van der Waals surface area contributed by atoms with E-state index in [1.54, 1.807) is 30.3 Å². The SMILES string of the molecule is CCCCCCCCCCCCOS(=O)(=O)c1ccccc1.[CH2-]CCCCCCCCCCC.[Na+].[Na]. The molecule has 36 heavy (non-hydrogen) atoms. The molecular weight excluding hydrogens is 486 g/mol. The molecule has 0 saturated carbocycles. The van der Waals surface area contributed by atoms with Gasteiger partial charge in [0.2, 0.25) is 0 Å². The minimum Gasteiger partial charge on any atom is -0.343 e. The zero-order valence-electron chi connectivity index (χ0n) is 24.6. The molecule has 0 aliphatic heterocycles. The first-order chi connectivity index (χ1) is 16.6. The Labute approximate surface area is 270 Å². The third-order valence-corrected chi connectivity index (χ3v) is 7.45. The summed E-state index contributed by atoms with van der Waals surface area (Å²) in [6.07, 6.45) is 26.1. The molecule has 0 spiro atoms. The largest absolute Gasteiger partial charge is 1.00 e. The van der Waals surface area contributed by atoms with E-state index in [1.807, 2.05) is 0 Å². The van der Waals surface area contributed by atoms with E-state index < -0.39 is 10.1 Å². The van der Waals surface area contributed by atoms with Crippen LogP contribution in [0.3, 0.4) is 0 Å². The monoisotopic (exact) mass is 541 g/mol. The van der Waals surface area contributed by atoms with Gasteiger partial charge in [0.15, 0.2) is 0 Å². The third kappa shape index (κ3) is 28.1. The molecule has 0 saturated heterocycles. The van der Waals surface area contributed by atoms with Crippen molar-refractivity contribution in [2.45, 2.75) is 147 Å². The van der Waals surface area contributed by atoms with E-state index in [0.717, 1.165) is 19.3 Å². The van der Waals surface area contributed by atoms with Crippen LogP contribution in [0.1, 0.15) is 142 Å². The molecule has 0 heterocycles. The Balaban J connectivity index is -0.000000670. The van der Waals surface area contributed by atoms with Crippen molar-refractivity contribution in [2.75, 3.05) is 6.61 Å². The summed E-state index contributed by atoms with van der Waals surface area (Å²) in [5.74, 6) is 0. The van der Waals surface area contributed by atoms with E-state index >= 15 is 0 Å². The fraction of sp³-hybridized carbons (Fsp3) is 0.767. The molecule has 0 fully saturated rings. The Morgan fingerprint density at radius 2 is 0.972 bits per heavy atom. The molecule has 1 rings (SSSR count). The summed E-state index contributed by atoms with van der Waals surface area (Å²) in [6, 6.07) is 8.33. The van der Waals surface area contributed by atoms with E-state index in [2.05, 4.69) is 20.8 Å². The van der Waals surface area contributed by atoms with Crippen molar-refractivity contribution in [3.63, 3.8) is 0 Å². The van der Waals surface area contributed by atoms with Gasteiger partial charge in [-0.25, -0.2) is 0 Å². The van der Waals surface area contributed by atoms with E-state index in [9.17, 15) is 8.42 Å². The maximum Gasteiger partial charge on any atom is 1.00 e. The minimum atomic E-state index is -3.57. The van der Waals surface area contributed by atoms with Crippen LogP contribution in [0.5, 0.6) is 0 Å². The molecule has 1 aromatic carbocycles. The van der Waals surface area contributed by atoms with Gasteiger partial charge in [-0.3, -0.25) is 4.18 Å². The molecular formula is C30H55Na2O3S. The first kappa shape index (κ1) is 41.6. The predicted molar refractivity (Wildman–Crippen MR) is 154 cm³/mol. The summed E-state index contributed by atoms with van der Waals surface area (Å²) in [7, 11) is -3.57. The molecule has 0 bridgehead atoms. The molecule has 1 radical (unpaired) electrons. The third-order valence-electron chi connectivity index (χ3n) is 6.12. The Morgan fingerprint density at radius 1 is 0.611 bits per heavy atom. The van der Waals surface area contributed by atoms with Gasteiger partial charge in [-0.05, 0) is 18.6 Å². The van der Waals surface area contributed by atoms with Crippen molar-refractivity contribution in [3.05, 3.63) is 37.3 Å². The molecule has 0 aromatic heterocycles. The summed E-state index contributed by atoms with van der Waals surface area (Å²) in [5, 5.41) is 0. The fourth-order valence-corrected chi connectivity index (χ4v) is 4.86. The Morgan fingerprint density at radius 3 is 1.36 bits per heavy atom. The van der Waals surface area contributed by atoms with Crippen LogP contribution in [-0.2, 0) is 14.3 Å². The number of unbranched alkanes of at least 4 members (excludes halogenated alkanes) is 18. The van der Waals surface area contributed by atoms with Gasteiger partial charge in [0, 0.05) is 29.6 Å². The topological polar surface area (TPSA) is 43.4 Å². The minimum absolute atomic E-state index is 0. The van der Waals surface area contributed by atoms with Crippen molar-refractivity contribution < 1.29 is 42.2 Å². The number of benzene rings is 1. The van der Waals surface area contributed by atoms with Crippen LogP contribution < -0.4 is 29.6 Å². The normalized spacial score (nSPS) is 10.6. The second-order valence-electron chi connectivity index (χ2n) is 9.45. The zero-order chi connectivity index (χ0) is 25.2. The van der Waals surface area contributed by atoms with Gasteiger partial charge >= 0.3 is 29.6 Å². The predicted octanol–water partition coefficient (Wildman–Crippen LogP) is 6.68. The van der Waals surface area contributed by atoms with Gasteiger partial charge in [-0.1, -0.05) is 148 Å². The Hall–Kier alpha value is 1.13. The average Bonchev–Trinajstić information content (AvgIpc) is 2.85. The first-order valence-corrected chi connectivity index (χ1v) is 15.7. The number of rotatable bonds is 22. The van der Waals surface area contributed by atoms with Gasteiger partial charge < -0.3 is 6.92 Å². The average molecular weight is 542 g/mol. The van der Waals surface area contributed by atoms with E-state index in [0.29, 0.717) is 0 Å². The summed E-state index contributed by atoms with van der Waals surface area (Å²) in [4.78, 5) is 0.238. The van der Waals surface area contributed by atoms with Gasteiger partial charge in [0.05, 0.1) is 11.5 Å². The molecule has 0 atom stereocenters. The van der Waals surface area contributed by atoms with Crippen LogP contribution in [0, 0.1) is 6.92 Å². The van der Waals surface area contributed by atoms with Crippen molar-refractivity contribution in [2.24, 2.45) is 0 Å². The Kier molecular flexibility index (Phi) is 37.4. The molecule has 3 nitrogen and oxygen atoms in total. The van der Waals surface area contributed by atoms with Crippen LogP contribution in [0.4, 0.5) is 0 Å². The van der Waals surface area contributed by atoms with Crippen LogP contribution >= 0.6 is 0 Å². The van der Waals surface area contributed by atoms with E-state index in [4.69, 9.17) is 4.18 Å². The van der Waals surface area contributed by atoms with Gasteiger partial charge in [0.25, 0.3) is 10.1 Å². The summed E-state index contributed by atoms with van der Waals surface area (Å²) in [6.45, 7) is 8.64. The Bertz CT molecular complexity index is 614. The quantitative estimate of drug-likeness (QED) is 0.0712.